The Bertz CT molecular complexity index is 741. The number of aromatic nitrogens is 4. The first kappa shape index (κ1) is 22.5. The number of aromatic amines is 1. The molecular weight excluding hydrogens is 506 g/mol. The van der Waals surface area contributed by atoms with Crippen LogP contribution in [0.15, 0.2) is 21.3 Å². The number of ether oxygens (including phenoxy) is 1. The van der Waals surface area contributed by atoms with Crippen molar-refractivity contribution in [2.24, 2.45) is 0 Å². The van der Waals surface area contributed by atoms with E-state index in [-0.39, 0.29) is 22.4 Å². The van der Waals surface area contributed by atoms with Crippen molar-refractivity contribution in [3.8, 4) is 0 Å². The lowest BCUT2D eigenvalue weighted by molar-refractivity contribution is -0.146. The number of carbonyl (C=O) groups excluding carboxylic acids is 1. The fourth-order valence-corrected chi connectivity index (χ4v) is 2.15. The standard InChI is InChI=1S/C8H8BrF3N2O2.C4H2BrF3N2/c1-2-16-7(15)4-14-6(9)3-5(13-14)8(10,11)12;5-3-1-2(9-10-3)4(6,7)8/h3H,2,4H2,1H3;1H,(H,9,10). The highest BCUT2D eigenvalue weighted by atomic mass is 79.9. The van der Waals surface area contributed by atoms with Gasteiger partial charge in [0.05, 0.1) is 6.61 Å². The highest BCUT2D eigenvalue weighted by molar-refractivity contribution is 9.10. The zero-order valence-electron chi connectivity index (χ0n) is 12.8. The van der Waals surface area contributed by atoms with Gasteiger partial charge in [0, 0.05) is 12.1 Å². The minimum atomic E-state index is -4.53. The molecule has 6 nitrogen and oxygen atoms in total. The molecule has 14 heteroatoms. The molecular formula is C12H10Br2F6N4O2. The molecule has 2 rings (SSSR count). The summed E-state index contributed by atoms with van der Waals surface area (Å²) in [5.41, 5.74) is -1.90. The summed E-state index contributed by atoms with van der Waals surface area (Å²) < 4.78 is 77.6. The predicted molar refractivity (Wildman–Crippen MR) is 82.9 cm³/mol. The van der Waals surface area contributed by atoms with Crippen LogP contribution in [-0.4, -0.2) is 32.6 Å². The van der Waals surface area contributed by atoms with Gasteiger partial charge >= 0.3 is 18.3 Å². The van der Waals surface area contributed by atoms with Gasteiger partial charge in [0.2, 0.25) is 0 Å². The molecule has 2 heterocycles. The normalized spacial score (nSPS) is 11.7. The molecule has 0 fully saturated rings. The number of rotatable bonds is 3. The second-order valence-corrected chi connectivity index (χ2v) is 6.04. The molecule has 0 saturated carbocycles. The molecule has 0 atom stereocenters. The quantitative estimate of drug-likeness (QED) is 0.485. The summed E-state index contributed by atoms with van der Waals surface area (Å²) in [5, 5.41) is 8.33. The van der Waals surface area contributed by atoms with Crippen LogP contribution in [0.4, 0.5) is 26.3 Å². The van der Waals surface area contributed by atoms with Gasteiger partial charge in [-0.2, -0.15) is 36.5 Å². The third-order valence-corrected chi connectivity index (χ3v) is 3.50. The first-order chi connectivity index (χ1) is 11.8. The SMILES string of the molecule is CCOC(=O)Cn1nc(C(F)(F)F)cc1Br.FC(F)(F)c1cc(Br)n[nH]1. The molecule has 0 radical (unpaired) electrons. The average Bonchev–Trinajstić information content (AvgIpc) is 3.06. The number of hydrogen-bond donors (Lipinski definition) is 1. The van der Waals surface area contributed by atoms with E-state index in [1.807, 2.05) is 5.10 Å². The summed E-state index contributed by atoms with van der Waals surface area (Å²) in [5.74, 6) is -0.639. The van der Waals surface area contributed by atoms with Crippen LogP contribution in [0, 0.1) is 0 Å². The van der Waals surface area contributed by atoms with Crippen molar-refractivity contribution in [2.45, 2.75) is 25.8 Å². The first-order valence-electron chi connectivity index (χ1n) is 6.58. The summed E-state index contributed by atoms with van der Waals surface area (Å²) in [6.07, 6.45) is -8.86. The van der Waals surface area contributed by atoms with Gasteiger partial charge in [0.1, 0.15) is 21.4 Å². The van der Waals surface area contributed by atoms with E-state index < -0.39 is 29.7 Å². The highest BCUT2D eigenvalue weighted by Crippen LogP contribution is 2.30. The smallest absolute Gasteiger partial charge is 0.435 e. The third-order valence-electron chi connectivity index (χ3n) is 2.46. The van der Waals surface area contributed by atoms with Crippen LogP contribution < -0.4 is 0 Å². The maximum atomic E-state index is 12.3. The molecule has 0 aromatic carbocycles. The predicted octanol–water partition coefficient (Wildman–Crippen LogP) is 4.42. The van der Waals surface area contributed by atoms with E-state index in [4.69, 9.17) is 0 Å². The fourth-order valence-electron chi connectivity index (χ4n) is 1.41. The van der Waals surface area contributed by atoms with Crippen LogP contribution >= 0.6 is 31.9 Å². The van der Waals surface area contributed by atoms with Gasteiger partial charge in [0.25, 0.3) is 0 Å². The van der Waals surface area contributed by atoms with Crippen LogP contribution in [0.3, 0.4) is 0 Å². The van der Waals surface area contributed by atoms with Crippen LogP contribution in [0.1, 0.15) is 18.3 Å². The molecule has 1 N–H and O–H groups in total. The van der Waals surface area contributed by atoms with E-state index in [2.05, 4.69) is 46.8 Å². The Kier molecular flexibility index (Phi) is 7.68. The monoisotopic (exact) mass is 514 g/mol. The largest absolute Gasteiger partial charge is 0.465 e. The Morgan fingerprint density at radius 2 is 1.81 bits per heavy atom. The van der Waals surface area contributed by atoms with Crippen molar-refractivity contribution in [1.82, 2.24) is 20.0 Å². The molecule has 0 unspecified atom stereocenters. The zero-order chi connectivity index (χ0) is 20.1. The van der Waals surface area contributed by atoms with Crippen LogP contribution in [0.2, 0.25) is 0 Å². The van der Waals surface area contributed by atoms with Crippen LogP contribution in [0.25, 0.3) is 0 Å². The van der Waals surface area contributed by atoms with E-state index in [0.717, 1.165) is 16.8 Å². The minimum Gasteiger partial charge on any atom is -0.465 e. The van der Waals surface area contributed by atoms with Gasteiger partial charge in [-0.15, -0.1) is 0 Å². The van der Waals surface area contributed by atoms with Crippen molar-refractivity contribution in [2.75, 3.05) is 6.61 Å². The number of alkyl halides is 6. The second-order valence-electron chi connectivity index (χ2n) is 4.41. The maximum Gasteiger partial charge on any atom is 0.435 e. The Balaban J connectivity index is 0.000000289. The molecule has 26 heavy (non-hydrogen) atoms. The summed E-state index contributed by atoms with van der Waals surface area (Å²) >= 11 is 5.66. The molecule has 0 aliphatic rings. The molecule has 0 spiro atoms. The lowest BCUT2D eigenvalue weighted by Gasteiger charge is -2.03. The van der Waals surface area contributed by atoms with E-state index >= 15 is 0 Å². The minimum absolute atomic E-state index is 0.0767. The van der Waals surface area contributed by atoms with Crippen LogP contribution in [0.5, 0.6) is 0 Å². The number of hydrogen-bond acceptors (Lipinski definition) is 4. The first-order valence-corrected chi connectivity index (χ1v) is 8.17. The van der Waals surface area contributed by atoms with Crippen molar-refractivity contribution < 1.29 is 35.9 Å². The Morgan fingerprint density at radius 3 is 2.15 bits per heavy atom. The molecule has 0 aliphatic heterocycles. The summed E-state index contributed by atoms with van der Waals surface area (Å²) in [7, 11) is 0. The van der Waals surface area contributed by atoms with Gasteiger partial charge in [-0.25, -0.2) is 4.68 Å². The van der Waals surface area contributed by atoms with E-state index in [0.29, 0.717) is 0 Å². The average molecular weight is 516 g/mol. The number of nitrogens with zero attached hydrogens (tertiary/aromatic N) is 3. The number of nitrogens with one attached hydrogen (secondary N) is 1. The van der Waals surface area contributed by atoms with Crippen molar-refractivity contribution in [1.29, 1.82) is 0 Å². The Morgan fingerprint density at radius 1 is 1.19 bits per heavy atom. The fraction of sp³-hybridized carbons (Fsp3) is 0.417. The number of esters is 1. The third kappa shape index (κ3) is 6.97. The molecule has 0 saturated heterocycles. The van der Waals surface area contributed by atoms with Gasteiger partial charge in [0.15, 0.2) is 5.69 Å². The van der Waals surface area contributed by atoms with Gasteiger partial charge in [-0.05, 0) is 38.8 Å². The molecule has 2 aromatic rings. The van der Waals surface area contributed by atoms with Gasteiger partial charge in [-0.3, -0.25) is 9.89 Å². The topological polar surface area (TPSA) is 72.8 Å². The summed E-state index contributed by atoms with van der Waals surface area (Å²) in [4.78, 5) is 11.0. The van der Waals surface area contributed by atoms with Gasteiger partial charge < -0.3 is 4.74 Å². The summed E-state index contributed by atoms with van der Waals surface area (Å²) in [6.45, 7) is 1.42. The van der Waals surface area contributed by atoms with Crippen LogP contribution in [-0.2, 0) is 28.4 Å². The van der Waals surface area contributed by atoms with Crippen molar-refractivity contribution in [3.05, 3.63) is 32.7 Å². The number of halogens is 8. The van der Waals surface area contributed by atoms with E-state index in [9.17, 15) is 31.1 Å². The second kappa shape index (κ2) is 8.88. The Labute approximate surface area is 159 Å². The van der Waals surface area contributed by atoms with Gasteiger partial charge in [-0.1, -0.05) is 0 Å². The molecule has 0 amide bonds. The van der Waals surface area contributed by atoms with E-state index in [1.165, 1.54) is 0 Å². The summed E-state index contributed by atoms with van der Waals surface area (Å²) in [6, 6.07) is 1.68. The molecule has 0 bridgehead atoms. The Hall–Kier alpha value is -1.57. The zero-order valence-corrected chi connectivity index (χ0v) is 15.9. The lowest BCUT2D eigenvalue weighted by atomic mass is 10.4. The molecule has 2 aromatic heterocycles. The van der Waals surface area contributed by atoms with E-state index in [1.54, 1.807) is 6.92 Å². The van der Waals surface area contributed by atoms with Crippen molar-refractivity contribution >= 4 is 37.8 Å². The number of carbonyl (C=O) groups is 1. The molecule has 0 aliphatic carbocycles. The maximum absolute atomic E-state index is 12.3. The number of H-pyrrole nitrogens is 1. The van der Waals surface area contributed by atoms with Crippen molar-refractivity contribution in [3.63, 3.8) is 0 Å². The lowest BCUT2D eigenvalue weighted by Crippen LogP contribution is -2.15. The molecule has 146 valence electrons. The highest BCUT2D eigenvalue weighted by Gasteiger charge is 2.35.